The molecule has 86 valence electrons. The maximum atomic E-state index is 11.6. The molecule has 1 heterocycles. The lowest BCUT2D eigenvalue weighted by Gasteiger charge is -2.26. The molecule has 1 aliphatic heterocycles. The van der Waals surface area contributed by atoms with Crippen molar-refractivity contribution >= 4 is 11.6 Å². The van der Waals surface area contributed by atoms with Crippen molar-refractivity contribution < 1.29 is 9.90 Å². The van der Waals surface area contributed by atoms with Gasteiger partial charge in [0.1, 0.15) is 0 Å². The SMILES string of the molecule is CN1C(=O)CCc2ccc(CCCO)cc21. The Morgan fingerprint density at radius 3 is 2.94 bits per heavy atom. The molecule has 2 rings (SSSR count). The molecule has 1 aliphatic rings. The predicted molar refractivity (Wildman–Crippen MR) is 63.6 cm³/mol. The van der Waals surface area contributed by atoms with Gasteiger partial charge in [-0.05, 0) is 36.5 Å². The Balaban J connectivity index is 2.25. The summed E-state index contributed by atoms with van der Waals surface area (Å²) in [4.78, 5) is 13.3. The normalized spacial score (nSPS) is 15.1. The molecule has 0 bridgehead atoms. The number of carbonyl (C=O) groups is 1. The van der Waals surface area contributed by atoms with E-state index in [2.05, 4.69) is 18.2 Å². The van der Waals surface area contributed by atoms with Crippen LogP contribution in [0.4, 0.5) is 5.69 Å². The summed E-state index contributed by atoms with van der Waals surface area (Å²) in [7, 11) is 1.83. The van der Waals surface area contributed by atoms with Crippen molar-refractivity contribution in [3.05, 3.63) is 29.3 Å². The van der Waals surface area contributed by atoms with E-state index in [0.717, 1.165) is 24.9 Å². The van der Waals surface area contributed by atoms with E-state index in [1.165, 1.54) is 11.1 Å². The molecule has 1 amide bonds. The van der Waals surface area contributed by atoms with Gasteiger partial charge in [0.2, 0.25) is 5.91 Å². The first kappa shape index (κ1) is 11.1. The summed E-state index contributed by atoms with van der Waals surface area (Å²) in [6.45, 7) is 0.214. The summed E-state index contributed by atoms with van der Waals surface area (Å²) in [6, 6.07) is 6.27. The molecule has 1 aromatic rings. The van der Waals surface area contributed by atoms with Crippen molar-refractivity contribution in [2.75, 3.05) is 18.6 Å². The van der Waals surface area contributed by atoms with Gasteiger partial charge in [-0.3, -0.25) is 4.79 Å². The molecule has 0 fully saturated rings. The number of rotatable bonds is 3. The molecular formula is C13H17NO2. The van der Waals surface area contributed by atoms with Gasteiger partial charge in [-0.1, -0.05) is 12.1 Å². The van der Waals surface area contributed by atoms with Crippen LogP contribution in [0, 0.1) is 0 Å². The molecule has 1 aromatic carbocycles. The Morgan fingerprint density at radius 2 is 2.19 bits per heavy atom. The number of aryl methyl sites for hydroxylation is 2. The van der Waals surface area contributed by atoms with Crippen LogP contribution in [0.25, 0.3) is 0 Å². The van der Waals surface area contributed by atoms with Crippen LogP contribution in [-0.2, 0) is 17.6 Å². The van der Waals surface area contributed by atoms with E-state index >= 15 is 0 Å². The second kappa shape index (κ2) is 4.66. The Hall–Kier alpha value is -1.35. The fourth-order valence-electron chi connectivity index (χ4n) is 2.12. The molecule has 0 unspecified atom stereocenters. The van der Waals surface area contributed by atoms with E-state index in [4.69, 9.17) is 5.11 Å². The number of aliphatic hydroxyl groups excluding tert-OH is 1. The molecule has 3 heteroatoms. The number of amides is 1. The Kier molecular flexibility index (Phi) is 3.25. The average Bonchev–Trinajstić information content (AvgIpc) is 2.31. The number of carbonyl (C=O) groups excluding carboxylic acids is 1. The molecular weight excluding hydrogens is 202 g/mol. The molecule has 0 spiro atoms. The van der Waals surface area contributed by atoms with E-state index in [0.29, 0.717) is 6.42 Å². The average molecular weight is 219 g/mol. The predicted octanol–water partition coefficient (Wildman–Crippen LogP) is 1.52. The molecule has 0 aliphatic carbocycles. The zero-order valence-corrected chi connectivity index (χ0v) is 9.57. The van der Waals surface area contributed by atoms with Crippen LogP contribution in [0.2, 0.25) is 0 Å². The van der Waals surface area contributed by atoms with Crippen LogP contribution in [0.3, 0.4) is 0 Å². The fraction of sp³-hybridized carbons (Fsp3) is 0.462. The Bertz CT molecular complexity index is 401. The van der Waals surface area contributed by atoms with Crippen molar-refractivity contribution in [3.8, 4) is 0 Å². The van der Waals surface area contributed by atoms with Crippen molar-refractivity contribution in [1.29, 1.82) is 0 Å². The summed E-state index contributed by atoms with van der Waals surface area (Å²) in [5.41, 5.74) is 3.47. The van der Waals surface area contributed by atoms with Crippen LogP contribution >= 0.6 is 0 Å². The standard InChI is InChI=1S/C13H17NO2/c1-14-12-9-10(3-2-8-15)4-5-11(12)6-7-13(14)16/h4-5,9,15H,2-3,6-8H2,1H3. The van der Waals surface area contributed by atoms with Crippen molar-refractivity contribution in [3.63, 3.8) is 0 Å². The summed E-state index contributed by atoms with van der Waals surface area (Å²) in [5, 5.41) is 8.80. The molecule has 0 radical (unpaired) electrons. The number of hydrogen-bond donors (Lipinski definition) is 1. The number of aliphatic hydroxyl groups is 1. The highest BCUT2D eigenvalue weighted by molar-refractivity contribution is 5.95. The molecule has 0 atom stereocenters. The van der Waals surface area contributed by atoms with Crippen LogP contribution in [0.5, 0.6) is 0 Å². The number of anilines is 1. The third-order valence-corrected chi connectivity index (χ3v) is 3.12. The maximum Gasteiger partial charge on any atom is 0.227 e. The van der Waals surface area contributed by atoms with E-state index in [1.54, 1.807) is 4.90 Å². The monoisotopic (exact) mass is 219 g/mol. The highest BCUT2D eigenvalue weighted by atomic mass is 16.2. The van der Waals surface area contributed by atoms with Crippen molar-refractivity contribution in [2.24, 2.45) is 0 Å². The quantitative estimate of drug-likeness (QED) is 0.837. The van der Waals surface area contributed by atoms with Crippen molar-refractivity contribution in [2.45, 2.75) is 25.7 Å². The minimum Gasteiger partial charge on any atom is -0.396 e. The Morgan fingerprint density at radius 1 is 1.38 bits per heavy atom. The van der Waals surface area contributed by atoms with Gasteiger partial charge in [0.25, 0.3) is 0 Å². The van der Waals surface area contributed by atoms with Crippen LogP contribution in [0.15, 0.2) is 18.2 Å². The largest absolute Gasteiger partial charge is 0.396 e. The van der Waals surface area contributed by atoms with Gasteiger partial charge >= 0.3 is 0 Å². The molecule has 0 saturated heterocycles. The minimum absolute atomic E-state index is 0.187. The highest BCUT2D eigenvalue weighted by Gasteiger charge is 2.20. The number of hydrogen-bond acceptors (Lipinski definition) is 2. The van der Waals surface area contributed by atoms with E-state index in [9.17, 15) is 4.79 Å². The second-order valence-electron chi connectivity index (χ2n) is 4.24. The van der Waals surface area contributed by atoms with Crippen LogP contribution in [0.1, 0.15) is 24.0 Å². The molecule has 1 N–H and O–H groups in total. The first-order valence-electron chi connectivity index (χ1n) is 5.71. The van der Waals surface area contributed by atoms with Gasteiger partial charge in [-0.2, -0.15) is 0 Å². The summed E-state index contributed by atoms with van der Waals surface area (Å²) >= 11 is 0. The molecule has 0 saturated carbocycles. The number of benzene rings is 1. The van der Waals surface area contributed by atoms with E-state index in [-0.39, 0.29) is 12.5 Å². The Labute approximate surface area is 95.7 Å². The van der Waals surface area contributed by atoms with Crippen LogP contribution < -0.4 is 4.90 Å². The third-order valence-electron chi connectivity index (χ3n) is 3.12. The van der Waals surface area contributed by atoms with Gasteiger partial charge in [0.15, 0.2) is 0 Å². The lowest BCUT2D eigenvalue weighted by atomic mass is 9.98. The van der Waals surface area contributed by atoms with Gasteiger partial charge in [-0.15, -0.1) is 0 Å². The van der Waals surface area contributed by atoms with Gasteiger partial charge in [-0.25, -0.2) is 0 Å². The van der Waals surface area contributed by atoms with Crippen LogP contribution in [-0.4, -0.2) is 24.7 Å². The lowest BCUT2D eigenvalue weighted by Crippen LogP contribution is -2.31. The van der Waals surface area contributed by atoms with Gasteiger partial charge in [0, 0.05) is 25.8 Å². The maximum absolute atomic E-state index is 11.6. The second-order valence-corrected chi connectivity index (χ2v) is 4.24. The lowest BCUT2D eigenvalue weighted by molar-refractivity contribution is -0.118. The molecule has 0 aromatic heterocycles. The third kappa shape index (κ3) is 2.09. The first-order valence-corrected chi connectivity index (χ1v) is 5.71. The zero-order chi connectivity index (χ0) is 11.5. The van der Waals surface area contributed by atoms with Gasteiger partial charge in [0.05, 0.1) is 0 Å². The minimum atomic E-state index is 0.187. The topological polar surface area (TPSA) is 40.5 Å². The molecule has 3 nitrogen and oxygen atoms in total. The summed E-state index contributed by atoms with van der Waals surface area (Å²) in [6.07, 6.45) is 3.10. The van der Waals surface area contributed by atoms with Gasteiger partial charge < -0.3 is 10.0 Å². The summed E-state index contributed by atoms with van der Waals surface area (Å²) in [5.74, 6) is 0.187. The number of fused-ring (bicyclic) bond motifs is 1. The summed E-state index contributed by atoms with van der Waals surface area (Å²) < 4.78 is 0. The first-order chi connectivity index (χ1) is 7.72. The smallest absolute Gasteiger partial charge is 0.227 e. The fourth-order valence-corrected chi connectivity index (χ4v) is 2.12. The number of nitrogens with zero attached hydrogens (tertiary/aromatic N) is 1. The van der Waals surface area contributed by atoms with E-state index in [1.807, 2.05) is 7.05 Å². The van der Waals surface area contributed by atoms with E-state index < -0.39 is 0 Å². The van der Waals surface area contributed by atoms with Crippen molar-refractivity contribution in [1.82, 2.24) is 0 Å². The molecule has 16 heavy (non-hydrogen) atoms. The zero-order valence-electron chi connectivity index (χ0n) is 9.57. The highest BCUT2D eigenvalue weighted by Crippen LogP contribution is 2.28.